The molecule has 0 amide bonds. The summed E-state index contributed by atoms with van der Waals surface area (Å²) in [5.41, 5.74) is 0.685. The maximum atomic E-state index is 13.1. The van der Waals surface area contributed by atoms with E-state index in [4.69, 9.17) is 21.1 Å². The number of halogens is 3. The van der Waals surface area contributed by atoms with E-state index in [-0.39, 0.29) is 16.6 Å². The van der Waals surface area contributed by atoms with E-state index in [0.29, 0.717) is 20.4 Å². The minimum Gasteiger partial charge on any atom is -0.495 e. The number of methoxy groups -OCH3 is 2. The lowest BCUT2D eigenvalue weighted by molar-refractivity contribution is 0.103. The van der Waals surface area contributed by atoms with E-state index in [1.807, 2.05) is 22.6 Å². The van der Waals surface area contributed by atoms with E-state index < -0.39 is 5.82 Å². The molecule has 0 unspecified atom stereocenters. The Morgan fingerprint density at radius 1 is 1.14 bits per heavy atom. The Labute approximate surface area is 140 Å². The molecule has 0 aliphatic heterocycles. The Balaban J connectivity index is 2.55. The van der Waals surface area contributed by atoms with Crippen LogP contribution in [0.25, 0.3) is 0 Å². The van der Waals surface area contributed by atoms with Gasteiger partial charge in [-0.3, -0.25) is 4.79 Å². The lowest BCUT2D eigenvalue weighted by Crippen LogP contribution is -2.07. The summed E-state index contributed by atoms with van der Waals surface area (Å²) in [4.78, 5) is 12.6. The van der Waals surface area contributed by atoms with Gasteiger partial charge in [0.05, 0.1) is 19.8 Å². The van der Waals surface area contributed by atoms with E-state index >= 15 is 0 Å². The molecule has 0 radical (unpaired) electrons. The van der Waals surface area contributed by atoms with Gasteiger partial charge in [-0.1, -0.05) is 11.6 Å². The van der Waals surface area contributed by atoms with Gasteiger partial charge < -0.3 is 9.47 Å². The predicted molar refractivity (Wildman–Crippen MR) is 87.1 cm³/mol. The van der Waals surface area contributed by atoms with Crippen molar-refractivity contribution in [3.8, 4) is 11.5 Å². The second-order valence-corrected chi connectivity index (χ2v) is 5.66. The third-order valence-corrected chi connectivity index (χ3v) is 4.16. The maximum absolute atomic E-state index is 13.1. The van der Waals surface area contributed by atoms with Crippen LogP contribution in [0, 0.1) is 9.39 Å². The molecular weight excluding hydrogens is 410 g/mol. The zero-order chi connectivity index (χ0) is 15.6. The average molecular weight is 421 g/mol. The highest BCUT2D eigenvalue weighted by molar-refractivity contribution is 14.1. The van der Waals surface area contributed by atoms with E-state index in [1.54, 1.807) is 12.1 Å². The van der Waals surface area contributed by atoms with Gasteiger partial charge in [-0.05, 0) is 52.9 Å². The van der Waals surface area contributed by atoms with Crippen molar-refractivity contribution >= 4 is 40.0 Å². The molecule has 0 aliphatic rings. The van der Waals surface area contributed by atoms with Crippen LogP contribution >= 0.6 is 34.2 Å². The van der Waals surface area contributed by atoms with Crippen LogP contribution in [0.1, 0.15) is 15.9 Å². The van der Waals surface area contributed by atoms with E-state index in [1.165, 1.54) is 32.4 Å². The molecule has 0 bridgehead atoms. The average Bonchev–Trinajstić information content (AvgIpc) is 2.46. The number of benzene rings is 2. The highest BCUT2D eigenvalue weighted by atomic mass is 127. The number of rotatable bonds is 4. The van der Waals surface area contributed by atoms with Crippen molar-refractivity contribution in [3.63, 3.8) is 0 Å². The summed E-state index contributed by atoms with van der Waals surface area (Å²) in [5, 5.41) is 0.225. The van der Waals surface area contributed by atoms with Crippen molar-refractivity contribution < 1.29 is 18.7 Å². The van der Waals surface area contributed by atoms with E-state index in [2.05, 4.69) is 0 Å². The molecule has 21 heavy (non-hydrogen) atoms. The molecule has 0 N–H and O–H groups in total. The lowest BCUT2D eigenvalue weighted by Gasteiger charge is -2.13. The molecule has 0 aliphatic carbocycles. The van der Waals surface area contributed by atoms with Gasteiger partial charge in [0, 0.05) is 9.13 Å². The SMILES string of the molecule is COc1ccc(C(=O)c2ccc(F)cc2I)c(OC)c1Cl. The van der Waals surface area contributed by atoms with Crippen molar-refractivity contribution in [2.75, 3.05) is 14.2 Å². The van der Waals surface area contributed by atoms with E-state index in [9.17, 15) is 9.18 Å². The highest BCUT2D eigenvalue weighted by Crippen LogP contribution is 2.38. The topological polar surface area (TPSA) is 35.5 Å². The minimum atomic E-state index is -0.393. The Hall–Kier alpha value is -1.34. The number of hydrogen-bond donors (Lipinski definition) is 0. The molecule has 0 saturated heterocycles. The first kappa shape index (κ1) is 16.0. The lowest BCUT2D eigenvalue weighted by atomic mass is 10.0. The fourth-order valence-electron chi connectivity index (χ4n) is 1.89. The fraction of sp³-hybridized carbons (Fsp3) is 0.133. The van der Waals surface area contributed by atoms with Crippen LogP contribution in [0.3, 0.4) is 0 Å². The van der Waals surface area contributed by atoms with Crippen molar-refractivity contribution in [2.45, 2.75) is 0 Å². The Bertz CT molecular complexity index is 704. The monoisotopic (exact) mass is 420 g/mol. The van der Waals surface area contributed by atoms with Crippen LogP contribution in [-0.2, 0) is 0 Å². The standard InChI is InChI=1S/C15H11ClFIO3/c1-20-12-6-5-10(15(21-2)13(12)16)14(19)9-4-3-8(17)7-11(9)18/h3-7H,1-2H3. The second kappa shape index (κ2) is 6.62. The molecule has 110 valence electrons. The quantitative estimate of drug-likeness (QED) is 0.545. The molecule has 6 heteroatoms. The number of ether oxygens (including phenoxy) is 2. The molecule has 0 atom stereocenters. The Kier molecular flexibility index (Phi) is 5.05. The molecule has 0 heterocycles. The molecule has 0 saturated carbocycles. The zero-order valence-electron chi connectivity index (χ0n) is 11.2. The molecular formula is C15H11ClFIO3. The van der Waals surface area contributed by atoms with Crippen LogP contribution in [-0.4, -0.2) is 20.0 Å². The fourth-order valence-corrected chi connectivity index (χ4v) is 2.93. The normalized spacial score (nSPS) is 10.3. The van der Waals surface area contributed by atoms with Gasteiger partial charge in [-0.25, -0.2) is 4.39 Å². The van der Waals surface area contributed by atoms with Crippen molar-refractivity contribution in [1.82, 2.24) is 0 Å². The van der Waals surface area contributed by atoms with E-state index in [0.717, 1.165) is 0 Å². The van der Waals surface area contributed by atoms with Crippen LogP contribution < -0.4 is 9.47 Å². The van der Waals surface area contributed by atoms with Crippen LogP contribution in [0.5, 0.6) is 11.5 Å². The maximum Gasteiger partial charge on any atom is 0.197 e. The van der Waals surface area contributed by atoms with Gasteiger partial charge in [0.1, 0.15) is 16.6 Å². The van der Waals surface area contributed by atoms with Gasteiger partial charge in [0.25, 0.3) is 0 Å². The summed E-state index contributed by atoms with van der Waals surface area (Å²) in [7, 11) is 2.90. The first-order valence-corrected chi connectivity index (χ1v) is 7.35. The smallest absolute Gasteiger partial charge is 0.197 e. The van der Waals surface area contributed by atoms with Gasteiger partial charge in [0.2, 0.25) is 0 Å². The molecule has 2 aromatic rings. The summed E-state index contributed by atoms with van der Waals surface area (Å²) >= 11 is 8.06. The highest BCUT2D eigenvalue weighted by Gasteiger charge is 2.21. The van der Waals surface area contributed by atoms with Gasteiger partial charge in [-0.2, -0.15) is 0 Å². The van der Waals surface area contributed by atoms with Gasteiger partial charge in [-0.15, -0.1) is 0 Å². The number of ketones is 1. The zero-order valence-corrected chi connectivity index (χ0v) is 14.2. The first-order chi connectivity index (χ1) is 9.99. The van der Waals surface area contributed by atoms with Crippen LogP contribution in [0.4, 0.5) is 4.39 Å². The number of carbonyl (C=O) groups excluding carboxylic acids is 1. The first-order valence-electron chi connectivity index (χ1n) is 5.89. The van der Waals surface area contributed by atoms with Gasteiger partial charge in [0.15, 0.2) is 11.5 Å². The summed E-state index contributed by atoms with van der Waals surface area (Å²) in [5.74, 6) is -0.0310. The Morgan fingerprint density at radius 2 is 1.81 bits per heavy atom. The third kappa shape index (κ3) is 3.13. The summed E-state index contributed by atoms with van der Waals surface area (Å²) in [6, 6.07) is 7.15. The van der Waals surface area contributed by atoms with Crippen molar-refractivity contribution in [2.24, 2.45) is 0 Å². The molecule has 0 fully saturated rings. The largest absolute Gasteiger partial charge is 0.495 e. The molecule has 0 aromatic heterocycles. The second-order valence-electron chi connectivity index (χ2n) is 4.12. The minimum absolute atomic E-state index is 0.225. The molecule has 3 nitrogen and oxygen atoms in total. The molecule has 0 spiro atoms. The van der Waals surface area contributed by atoms with Crippen LogP contribution in [0.2, 0.25) is 5.02 Å². The van der Waals surface area contributed by atoms with Gasteiger partial charge >= 0.3 is 0 Å². The van der Waals surface area contributed by atoms with Crippen molar-refractivity contribution in [3.05, 3.63) is 55.9 Å². The van der Waals surface area contributed by atoms with Crippen LogP contribution in [0.15, 0.2) is 30.3 Å². The summed E-state index contributed by atoms with van der Waals surface area (Å²) in [6.45, 7) is 0. The molecule has 2 aromatic carbocycles. The van der Waals surface area contributed by atoms with Crippen molar-refractivity contribution in [1.29, 1.82) is 0 Å². The number of hydrogen-bond acceptors (Lipinski definition) is 3. The third-order valence-electron chi connectivity index (χ3n) is 2.91. The Morgan fingerprint density at radius 3 is 2.38 bits per heavy atom. The number of carbonyl (C=O) groups is 1. The molecule has 2 rings (SSSR count). The predicted octanol–water partition coefficient (Wildman–Crippen LogP) is 4.33. The summed E-state index contributed by atoms with van der Waals surface area (Å²) in [6.07, 6.45) is 0. The summed E-state index contributed by atoms with van der Waals surface area (Å²) < 4.78 is 24.0.